The standard InChI is InChI=1S/C19H23ClN2O3S/c1-26(23,24)16-8-6-15(7-9-16)25-13-12-22-11-10-21-14-19(22)17-4-2-3-5-18(17)20/h2-9,19,21H,10-14H2,1H3. The predicted octanol–water partition coefficient (Wildman–Crippen LogP) is 2.77. The number of ether oxygens (including phenoxy) is 1. The maximum absolute atomic E-state index is 11.5. The summed E-state index contributed by atoms with van der Waals surface area (Å²) in [6.07, 6.45) is 1.20. The van der Waals surface area contributed by atoms with Crippen LogP contribution in [0.25, 0.3) is 0 Å². The summed E-state index contributed by atoms with van der Waals surface area (Å²) < 4.78 is 28.8. The Morgan fingerprint density at radius 1 is 1.19 bits per heavy atom. The van der Waals surface area contributed by atoms with Crippen LogP contribution in [0.1, 0.15) is 11.6 Å². The van der Waals surface area contributed by atoms with E-state index in [2.05, 4.69) is 16.3 Å². The average Bonchev–Trinajstić information content (AvgIpc) is 2.62. The van der Waals surface area contributed by atoms with E-state index in [1.165, 1.54) is 6.26 Å². The van der Waals surface area contributed by atoms with Crippen LogP contribution in [0.2, 0.25) is 5.02 Å². The lowest BCUT2D eigenvalue weighted by Crippen LogP contribution is -2.47. The first kappa shape index (κ1) is 19.2. The van der Waals surface area contributed by atoms with Crippen LogP contribution in [0, 0.1) is 0 Å². The second kappa shape index (κ2) is 8.39. The first-order chi connectivity index (χ1) is 12.4. The third kappa shape index (κ3) is 4.76. The van der Waals surface area contributed by atoms with Crippen LogP contribution in [-0.4, -0.2) is 52.4 Å². The highest BCUT2D eigenvalue weighted by Gasteiger charge is 2.25. The van der Waals surface area contributed by atoms with Gasteiger partial charge in [-0.2, -0.15) is 0 Å². The van der Waals surface area contributed by atoms with E-state index in [-0.39, 0.29) is 6.04 Å². The Morgan fingerprint density at radius 2 is 1.92 bits per heavy atom. The minimum atomic E-state index is -3.18. The maximum atomic E-state index is 11.5. The lowest BCUT2D eigenvalue weighted by atomic mass is 10.0. The molecule has 7 heteroatoms. The number of nitrogens with zero attached hydrogens (tertiary/aromatic N) is 1. The van der Waals surface area contributed by atoms with Gasteiger partial charge in [0.1, 0.15) is 12.4 Å². The van der Waals surface area contributed by atoms with Crippen LogP contribution in [0.5, 0.6) is 5.75 Å². The molecular formula is C19H23ClN2O3S. The van der Waals surface area contributed by atoms with E-state index in [9.17, 15) is 8.42 Å². The summed E-state index contributed by atoms with van der Waals surface area (Å²) in [5.74, 6) is 0.668. The van der Waals surface area contributed by atoms with E-state index in [4.69, 9.17) is 16.3 Å². The molecule has 1 heterocycles. The Balaban J connectivity index is 1.60. The summed E-state index contributed by atoms with van der Waals surface area (Å²) in [4.78, 5) is 2.66. The van der Waals surface area contributed by atoms with Crippen LogP contribution in [-0.2, 0) is 9.84 Å². The van der Waals surface area contributed by atoms with Crippen LogP contribution in [0.3, 0.4) is 0 Å². The first-order valence-corrected chi connectivity index (χ1v) is 10.8. The molecule has 0 spiro atoms. The smallest absolute Gasteiger partial charge is 0.175 e. The van der Waals surface area contributed by atoms with Crippen molar-refractivity contribution in [1.29, 1.82) is 0 Å². The summed E-state index contributed by atoms with van der Waals surface area (Å²) in [7, 11) is -3.18. The molecule has 0 saturated carbocycles. The number of hydrogen-bond acceptors (Lipinski definition) is 5. The van der Waals surface area contributed by atoms with Crippen LogP contribution in [0.4, 0.5) is 0 Å². The Morgan fingerprint density at radius 3 is 2.62 bits per heavy atom. The zero-order valence-corrected chi connectivity index (χ0v) is 16.3. The number of hydrogen-bond donors (Lipinski definition) is 1. The third-order valence-electron chi connectivity index (χ3n) is 4.52. The molecule has 3 rings (SSSR count). The minimum Gasteiger partial charge on any atom is -0.492 e. The monoisotopic (exact) mass is 394 g/mol. The van der Waals surface area contributed by atoms with Gasteiger partial charge in [-0.15, -0.1) is 0 Å². The molecule has 5 nitrogen and oxygen atoms in total. The first-order valence-electron chi connectivity index (χ1n) is 8.57. The van der Waals surface area contributed by atoms with Crippen molar-refractivity contribution in [2.45, 2.75) is 10.9 Å². The van der Waals surface area contributed by atoms with Crippen molar-refractivity contribution in [3.8, 4) is 5.75 Å². The Hall–Kier alpha value is -1.60. The van der Waals surface area contributed by atoms with Crippen molar-refractivity contribution < 1.29 is 13.2 Å². The van der Waals surface area contributed by atoms with Gasteiger partial charge in [0.05, 0.1) is 4.90 Å². The van der Waals surface area contributed by atoms with E-state index in [1.54, 1.807) is 24.3 Å². The number of nitrogens with one attached hydrogen (secondary N) is 1. The number of piperazine rings is 1. The number of benzene rings is 2. The van der Waals surface area contributed by atoms with Gasteiger partial charge in [0.25, 0.3) is 0 Å². The van der Waals surface area contributed by atoms with Gasteiger partial charge in [-0.25, -0.2) is 8.42 Å². The summed E-state index contributed by atoms with van der Waals surface area (Å²) >= 11 is 6.37. The highest BCUT2D eigenvalue weighted by atomic mass is 35.5. The molecule has 1 N–H and O–H groups in total. The van der Waals surface area contributed by atoms with Gasteiger partial charge >= 0.3 is 0 Å². The number of halogens is 1. The zero-order chi connectivity index (χ0) is 18.6. The lowest BCUT2D eigenvalue weighted by Gasteiger charge is -2.36. The van der Waals surface area contributed by atoms with E-state index in [0.29, 0.717) is 17.3 Å². The van der Waals surface area contributed by atoms with Gasteiger partial charge in [0.2, 0.25) is 0 Å². The Bertz CT molecular complexity index is 840. The number of sulfone groups is 1. The predicted molar refractivity (Wildman–Crippen MR) is 104 cm³/mol. The fraction of sp³-hybridized carbons (Fsp3) is 0.368. The average molecular weight is 395 g/mol. The normalized spacial score (nSPS) is 18.6. The van der Waals surface area contributed by atoms with Crippen molar-refractivity contribution in [2.24, 2.45) is 0 Å². The van der Waals surface area contributed by atoms with Crippen molar-refractivity contribution in [3.05, 3.63) is 59.1 Å². The molecule has 140 valence electrons. The van der Waals surface area contributed by atoms with Gasteiger partial charge < -0.3 is 10.1 Å². The molecule has 1 atom stereocenters. The molecule has 0 amide bonds. The van der Waals surface area contributed by atoms with Gasteiger partial charge in [-0.3, -0.25) is 4.90 Å². The van der Waals surface area contributed by atoms with Crippen molar-refractivity contribution in [1.82, 2.24) is 10.2 Å². The Labute approximate surface area is 159 Å². The molecule has 2 aromatic carbocycles. The highest BCUT2D eigenvalue weighted by molar-refractivity contribution is 7.90. The van der Waals surface area contributed by atoms with Crippen LogP contribution < -0.4 is 10.1 Å². The molecular weight excluding hydrogens is 372 g/mol. The largest absolute Gasteiger partial charge is 0.492 e. The van der Waals surface area contributed by atoms with Gasteiger partial charge in [0.15, 0.2) is 9.84 Å². The quantitative estimate of drug-likeness (QED) is 0.816. The fourth-order valence-electron chi connectivity index (χ4n) is 3.13. The van der Waals surface area contributed by atoms with Crippen molar-refractivity contribution >= 4 is 21.4 Å². The van der Waals surface area contributed by atoms with Gasteiger partial charge in [-0.05, 0) is 35.9 Å². The molecule has 2 aromatic rings. The van der Waals surface area contributed by atoms with Crippen molar-refractivity contribution in [3.63, 3.8) is 0 Å². The molecule has 1 aliphatic rings. The third-order valence-corrected chi connectivity index (χ3v) is 5.99. The molecule has 1 fully saturated rings. The fourth-order valence-corrected chi connectivity index (χ4v) is 4.02. The molecule has 0 radical (unpaired) electrons. The Kier molecular flexibility index (Phi) is 6.19. The van der Waals surface area contributed by atoms with Crippen LogP contribution in [0.15, 0.2) is 53.4 Å². The zero-order valence-electron chi connectivity index (χ0n) is 14.7. The van der Waals surface area contributed by atoms with Crippen LogP contribution >= 0.6 is 11.6 Å². The molecule has 1 aliphatic heterocycles. The molecule has 0 aliphatic carbocycles. The highest BCUT2D eigenvalue weighted by Crippen LogP contribution is 2.28. The number of rotatable bonds is 6. The minimum absolute atomic E-state index is 0.216. The van der Waals surface area contributed by atoms with Crippen molar-refractivity contribution in [2.75, 3.05) is 39.0 Å². The molecule has 1 saturated heterocycles. The summed E-state index contributed by atoms with van der Waals surface area (Å²) in [5, 5.41) is 4.20. The van der Waals surface area contributed by atoms with E-state index < -0.39 is 9.84 Å². The van der Waals surface area contributed by atoms with E-state index in [0.717, 1.165) is 36.8 Å². The molecule has 26 heavy (non-hydrogen) atoms. The lowest BCUT2D eigenvalue weighted by molar-refractivity contribution is 0.134. The second-order valence-corrected chi connectivity index (χ2v) is 8.79. The summed E-state index contributed by atoms with van der Waals surface area (Å²) in [6, 6.07) is 14.7. The van der Waals surface area contributed by atoms with Gasteiger partial charge in [0, 0.05) is 43.5 Å². The van der Waals surface area contributed by atoms with E-state index in [1.807, 2.05) is 18.2 Å². The van der Waals surface area contributed by atoms with E-state index >= 15 is 0 Å². The molecule has 0 aromatic heterocycles. The second-order valence-electron chi connectivity index (χ2n) is 6.37. The SMILES string of the molecule is CS(=O)(=O)c1ccc(OCCN2CCNCC2c2ccccc2Cl)cc1. The molecule has 0 bridgehead atoms. The summed E-state index contributed by atoms with van der Waals surface area (Å²) in [6.45, 7) is 4.01. The van der Waals surface area contributed by atoms with Gasteiger partial charge in [-0.1, -0.05) is 29.8 Å². The summed E-state index contributed by atoms with van der Waals surface area (Å²) in [5.41, 5.74) is 1.12. The topological polar surface area (TPSA) is 58.6 Å². The maximum Gasteiger partial charge on any atom is 0.175 e. The molecule has 1 unspecified atom stereocenters.